The Morgan fingerprint density at radius 1 is 1.24 bits per heavy atom. The van der Waals surface area contributed by atoms with Crippen LogP contribution in [-0.4, -0.2) is 12.0 Å². The lowest BCUT2D eigenvalue weighted by atomic mass is 9.85. The number of hydrogen-bond acceptors (Lipinski definition) is 1. The third kappa shape index (κ3) is 5.82. The van der Waals surface area contributed by atoms with Crippen LogP contribution >= 0.6 is 0 Å². The molecule has 114 valence electrons. The van der Waals surface area contributed by atoms with Gasteiger partial charge in [0.25, 0.3) is 0 Å². The minimum Gasteiger partial charge on any atom is -0.300 e. The van der Waals surface area contributed by atoms with E-state index in [4.69, 9.17) is 0 Å². The summed E-state index contributed by atoms with van der Waals surface area (Å²) >= 11 is 0. The van der Waals surface area contributed by atoms with Crippen LogP contribution in [0.2, 0.25) is 0 Å². The Morgan fingerprint density at radius 2 is 2.05 bits per heavy atom. The molecule has 0 bridgehead atoms. The highest BCUT2D eigenvalue weighted by molar-refractivity contribution is 5.79. The van der Waals surface area contributed by atoms with Gasteiger partial charge in [-0.3, -0.25) is 4.79 Å². The highest BCUT2D eigenvalue weighted by Crippen LogP contribution is 2.26. The van der Waals surface area contributed by atoms with Crippen LogP contribution < -0.4 is 0 Å². The Hall–Kier alpha value is -1.44. The molecule has 0 radical (unpaired) electrons. The molecular formula is C19H25FO. The molecule has 21 heavy (non-hydrogen) atoms. The first-order valence-corrected chi connectivity index (χ1v) is 8.12. The molecule has 1 fully saturated rings. The van der Waals surface area contributed by atoms with Crippen LogP contribution in [0.4, 0.5) is 4.39 Å². The fraction of sp³-hybridized carbons (Fsp3) is 0.526. The van der Waals surface area contributed by atoms with Crippen LogP contribution in [0.25, 0.3) is 0 Å². The molecule has 0 spiro atoms. The van der Waals surface area contributed by atoms with Crippen molar-refractivity contribution >= 4 is 5.78 Å². The maximum absolute atomic E-state index is 14.0. The number of Topliss-reactive ketones (excluding diaryl/α,β-unsaturated/α-hetero) is 1. The topological polar surface area (TPSA) is 17.1 Å². The van der Waals surface area contributed by atoms with Gasteiger partial charge in [0.1, 0.15) is 12.0 Å². The van der Waals surface area contributed by atoms with Crippen molar-refractivity contribution in [1.29, 1.82) is 0 Å². The Kier molecular flexibility index (Phi) is 6.65. The predicted molar refractivity (Wildman–Crippen MR) is 85.0 cm³/mol. The zero-order valence-corrected chi connectivity index (χ0v) is 12.6. The van der Waals surface area contributed by atoms with Gasteiger partial charge in [0, 0.05) is 18.8 Å². The first-order valence-electron chi connectivity index (χ1n) is 8.12. The lowest BCUT2D eigenvalue weighted by Gasteiger charge is -2.22. The predicted octanol–water partition coefficient (Wildman–Crippen LogP) is 5.05. The molecule has 2 heteroatoms. The zero-order chi connectivity index (χ0) is 14.9. The average molecular weight is 288 g/mol. The van der Waals surface area contributed by atoms with Crippen molar-refractivity contribution in [2.24, 2.45) is 5.92 Å². The second-order valence-electron chi connectivity index (χ2n) is 6.00. The highest BCUT2D eigenvalue weighted by Gasteiger charge is 2.25. The van der Waals surface area contributed by atoms with E-state index in [1.807, 2.05) is 12.1 Å². The van der Waals surface area contributed by atoms with Gasteiger partial charge in [-0.25, -0.2) is 4.39 Å². The lowest BCUT2D eigenvalue weighted by molar-refractivity contribution is -0.122. The number of carbonyl (C=O) groups is 1. The number of unbranched alkanes of at least 4 members (excludes halogenated alkanes) is 2. The van der Waals surface area contributed by atoms with Crippen LogP contribution in [0, 0.1) is 5.92 Å². The summed E-state index contributed by atoms with van der Waals surface area (Å²) in [6.07, 6.45) is 9.70. The largest absolute Gasteiger partial charge is 0.300 e. The molecule has 1 aromatic rings. The molecule has 1 aromatic carbocycles. The Labute approximate surface area is 127 Å². The second-order valence-corrected chi connectivity index (χ2v) is 6.00. The average Bonchev–Trinajstić information content (AvgIpc) is 2.51. The third-order valence-electron chi connectivity index (χ3n) is 4.22. The van der Waals surface area contributed by atoms with Gasteiger partial charge in [-0.05, 0) is 44.1 Å². The van der Waals surface area contributed by atoms with E-state index in [0.29, 0.717) is 12.8 Å². The molecule has 0 unspecified atom stereocenters. The zero-order valence-electron chi connectivity index (χ0n) is 12.6. The van der Waals surface area contributed by atoms with Gasteiger partial charge in [-0.15, -0.1) is 0 Å². The minimum absolute atomic E-state index is 0.0770. The van der Waals surface area contributed by atoms with E-state index in [9.17, 15) is 9.18 Å². The summed E-state index contributed by atoms with van der Waals surface area (Å²) in [5.74, 6) is 0.150. The van der Waals surface area contributed by atoms with Gasteiger partial charge < -0.3 is 0 Å². The van der Waals surface area contributed by atoms with Gasteiger partial charge in [-0.2, -0.15) is 0 Å². The summed E-state index contributed by atoms with van der Waals surface area (Å²) in [5, 5.41) is 0. The van der Waals surface area contributed by atoms with Gasteiger partial charge in [-0.1, -0.05) is 42.5 Å². The van der Waals surface area contributed by atoms with Crippen LogP contribution in [-0.2, 0) is 11.2 Å². The Morgan fingerprint density at radius 3 is 2.81 bits per heavy atom. The summed E-state index contributed by atoms with van der Waals surface area (Å²) in [4.78, 5) is 11.3. The molecule has 2 rings (SSSR count). The number of hydrogen-bond donors (Lipinski definition) is 0. The first kappa shape index (κ1) is 15.9. The molecule has 0 N–H and O–H groups in total. The van der Waals surface area contributed by atoms with E-state index >= 15 is 0 Å². The number of carbonyl (C=O) groups excluding carboxylic acids is 1. The van der Waals surface area contributed by atoms with Crippen molar-refractivity contribution in [2.75, 3.05) is 0 Å². The fourth-order valence-corrected chi connectivity index (χ4v) is 2.95. The van der Waals surface area contributed by atoms with Crippen molar-refractivity contribution in [3.63, 3.8) is 0 Å². The van der Waals surface area contributed by atoms with Crippen molar-refractivity contribution in [1.82, 2.24) is 0 Å². The number of allylic oxidation sites excluding steroid dienone is 2. The van der Waals surface area contributed by atoms with E-state index in [2.05, 4.69) is 24.3 Å². The molecule has 0 saturated heterocycles. The van der Waals surface area contributed by atoms with Crippen LogP contribution in [0.1, 0.15) is 50.5 Å². The van der Waals surface area contributed by atoms with Crippen LogP contribution in [0.15, 0.2) is 42.5 Å². The quantitative estimate of drug-likeness (QED) is 0.506. The highest BCUT2D eigenvalue weighted by atomic mass is 19.1. The van der Waals surface area contributed by atoms with Crippen molar-refractivity contribution < 1.29 is 9.18 Å². The number of alkyl halides is 1. The Bertz CT molecular complexity index is 452. The normalized spacial score (nSPS) is 20.8. The standard InChI is InChI=1S/C19H25FO/c20-19(17-12-8-13-18(21)15-17)14-7-2-1-4-9-16-10-5-3-6-11-16/h3,5-7,10-11,14,17,19H,1-2,4,8-9,12-13,15H2/b14-7+/t17-,19-/m1/s1. The van der Waals surface area contributed by atoms with Gasteiger partial charge in [0.2, 0.25) is 0 Å². The van der Waals surface area contributed by atoms with Crippen molar-refractivity contribution in [3.8, 4) is 0 Å². The summed E-state index contributed by atoms with van der Waals surface area (Å²) in [7, 11) is 0. The van der Waals surface area contributed by atoms with Crippen LogP contribution in [0.3, 0.4) is 0 Å². The third-order valence-corrected chi connectivity index (χ3v) is 4.22. The molecule has 0 heterocycles. The summed E-state index contributed by atoms with van der Waals surface area (Å²) in [5.41, 5.74) is 1.37. The molecule has 0 aliphatic heterocycles. The molecule has 1 saturated carbocycles. The van der Waals surface area contributed by atoms with E-state index in [1.165, 1.54) is 5.56 Å². The summed E-state index contributed by atoms with van der Waals surface area (Å²) in [6, 6.07) is 10.5. The molecule has 1 nitrogen and oxygen atoms in total. The van der Waals surface area contributed by atoms with Crippen molar-refractivity contribution in [3.05, 3.63) is 48.0 Å². The molecule has 1 aliphatic rings. The van der Waals surface area contributed by atoms with E-state index in [1.54, 1.807) is 6.08 Å². The van der Waals surface area contributed by atoms with E-state index in [-0.39, 0.29) is 11.7 Å². The minimum atomic E-state index is -0.941. The van der Waals surface area contributed by atoms with Gasteiger partial charge in [0.05, 0.1) is 0 Å². The van der Waals surface area contributed by atoms with Gasteiger partial charge in [0.15, 0.2) is 0 Å². The monoisotopic (exact) mass is 288 g/mol. The van der Waals surface area contributed by atoms with Crippen LogP contribution in [0.5, 0.6) is 0 Å². The van der Waals surface area contributed by atoms with E-state index < -0.39 is 6.17 Å². The van der Waals surface area contributed by atoms with Gasteiger partial charge >= 0.3 is 0 Å². The molecule has 2 atom stereocenters. The fourth-order valence-electron chi connectivity index (χ4n) is 2.95. The number of rotatable bonds is 7. The summed E-state index contributed by atoms with van der Waals surface area (Å²) < 4.78 is 14.0. The SMILES string of the molecule is O=C1CCC[C@@H]([C@H](F)/C=C/CCCCc2ccccc2)C1. The number of halogens is 1. The van der Waals surface area contributed by atoms with E-state index in [0.717, 1.165) is 38.5 Å². The van der Waals surface area contributed by atoms with Crippen molar-refractivity contribution in [2.45, 2.75) is 57.5 Å². The smallest absolute Gasteiger partial charge is 0.133 e. The number of aryl methyl sites for hydroxylation is 1. The second kappa shape index (κ2) is 8.76. The Balaban J connectivity index is 1.60. The maximum Gasteiger partial charge on any atom is 0.133 e. The summed E-state index contributed by atoms with van der Waals surface area (Å²) in [6.45, 7) is 0. The maximum atomic E-state index is 14.0. The lowest BCUT2D eigenvalue weighted by Crippen LogP contribution is -2.22. The first-order chi connectivity index (χ1) is 10.3. The number of benzene rings is 1. The molecule has 0 aromatic heterocycles. The molecule has 0 amide bonds. The number of ketones is 1. The molecule has 1 aliphatic carbocycles. The molecular weight excluding hydrogens is 263 g/mol.